The highest BCUT2D eigenvalue weighted by molar-refractivity contribution is 9.10. The number of hydrogen-bond donors (Lipinski definition) is 1. The topological polar surface area (TPSA) is 57.4 Å². The molecule has 0 radical (unpaired) electrons. The van der Waals surface area contributed by atoms with Crippen LogP contribution in [0, 0.1) is 6.57 Å². The van der Waals surface area contributed by atoms with Crippen LogP contribution in [0.2, 0.25) is 0 Å². The van der Waals surface area contributed by atoms with Crippen LogP contribution in [-0.2, 0) is 0 Å². The molecule has 0 aliphatic carbocycles. The molecule has 0 aliphatic rings. The van der Waals surface area contributed by atoms with E-state index in [0.717, 1.165) is 10.2 Å². The molecule has 0 bridgehead atoms. The molecule has 0 saturated heterocycles. The van der Waals surface area contributed by atoms with Crippen molar-refractivity contribution < 1.29 is 4.74 Å². The van der Waals surface area contributed by atoms with E-state index in [1.807, 2.05) is 39.0 Å². The van der Waals surface area contributed by atoms with Crippen molar-refractivity contribution in [2.75, 3.05) is 12.3 Å². The fraction of sp³-hybridized carbons (Fsp3) is 0.333. The molecule has 1 aromatic heterocycles. The lowest BCUT2D eigenvalue weighted by molar-refractivity contribution is 0.338. The van der Waals surface area contributed by atoms with Gasteiger partial charge in [-0.15, -0.1) is 0 Å². The molecule has 110 valence electrons. The molecule has 1 aromatic carbocycles. The Balaban J connectivity index is 2.67. The Hall–Kier alpha value is -2.00. The Morgan fingerprint density at radius 3 is 2.76 bits per heavy atom. The van der Waals surface area contributed by atoms with Crippen molar-refractivity contribution >= 4 is 27.4 Å². The van der Waals surface area contributed by atoms with E-state index in [0.29, 0.717) is 29.5 Å². The Morgan fingerprint density at radius 1 is 1.48 bits per heavy atom. The van der Waals surface area contributed by atoms with Crippen LogP contribution >= 0.6 is 15.9 Å². The maximum absolute atomic E-state index is 7.38. The lowest BCUT2D eigenvalue weighted by Crippen LogP contribution is -2.02. The summed E-state index contributed by atoms with van der Waals surface area (Å²) in [4.78, 5) is 3.53. The third kappa shape index (κ3) is 2.88. The number of aromatic nitrogens is 2. The van der Waals surface area contributed by atoms with Gasteiger partial charge in [0, 0.05) is 10.4 Å². The van der Waals surface area contributed by atoms with E-state index in [9.17, 15) is 0 Å². The minimum absolute atomic E-state index is 0.151. The standard InChI is InChI=1S/C15H17BrN4O/c1-5-21-12-8-10(16)6-7-11(12)20-15(18-4)13(17)14(19-20)9(2)3/h6-9H,5,17H2,1-3H3. The van der Waals surface area contributed by atoms with Crippen LogP contribution in [0.15, 0.2) is 22.7 Å². The molecule has 0 unspecified atom stereocenters. The van der Waals surface area contributed by atoms with Crippen LogP contribution in [0.5, 0.6) is 5.75 Å². The largest absolute Gasteiger partial charge is 0.489 e. The van der Waals surface area contributed by atoms with Gasteiger partial charge < -0.3 is 15.3 Å². The Labute approximate surface area is 132 Å². The quantitative estimate of drug-likeness (QED) is 0.838. The molecule has 2 N–H and O–H groups in total. The zero-order valence-corrected chi connectivity index (χ0v) is 13.8. The highest BCUT2D eigenvalue weighted by Gasteiger charge is 2.22. The van der Waals surface area contributed by atoms with Gasteiger partial charge in [0.15, 0.2) is 11.4 Å². The molecular formula is C15H17BrN4O. The summed E-state index contributed by atoms with van der Waals surface area (Å²) in [5.74, 6) is 1.13. The minimum Gasteiger partial charge on any atom is -0.489 e. The number of benzene rings is 1. The molecule has 0 atom stereocenters. The second-order valence-corrected chi connectivity index (χ2v) is 5.76. The second kappa shape index (κ2) is 6.19. The average Bonchev–Trinajstić information content (AvgIpc) is 2.76. The van der Waals surface area contributed by atoms with Crippen LogP contribution < -0.4 is 10.5 Å². The normalized spacial score (nSPS) is 10.7. The third-order valence-electron chi connectivity index (χ3n) is 3.03. The summed E-state index contributed by atoms with van der Waals surface area (Å²) < 4.78 is 8.12. The number of hydrogen-bond acceptors (Lipinski definition) is 3. The Bertz CT molecular complexity index is 700. The molecule has 21 heavy (non-hydrogen) atoms. The maximum Gasteiger partial charge on any atom is 0.280 e. The maximum atomic E-state index is 7.38. The van der Waals surface area contributed by atoms with Gasteiger partial charge in [-0.2, -0.15) is 4.68 Å². The van der Waals surface area contributed by atoms with Crippen molar-refractivity contribution in [2.24, 2.45) is 0 Å². The van der Waals surface area contributed by atoms with E-state index >= 15 is 0 Å². The van der Waals surface area contributed by atoms with Gasteiger partial charge in [-0.1, -0.05) is 41.4 Å². The number of anilines is 1. The second-order valence-electron chi connectivity index (χ2n) is 4.85. The molecule has 1 heterocycles. The summed E-state index contributed by atoms with van der Waals surface area (Å²) in [5, 5.41) is 4.51. The molecule has 0 amide bonds. The zero-order valence-electron chi connectivity index (χ0n) is 12.2. The Morgan fingerprint density at radius 2 is 2.19 bits per heavy atom. The Kier molecular flexibility index (Phi) is 4.53. The molecule has 0 spiro atoms. The average molecular weight is 349 g/mol. The minimum atomic E-state index is 0.151. The van der Waals surface area contributed by atoms with Crippen LogP contribution in [0.4, 0.5) is 11.5 Å². The van der Waals surface area contributed by atoms with E-state index in [4.69, 9.17) is 17.0 Å². The van der Waals surface area contributed by atoms with E-state index in [2.05, 4.69) is 25.9 Å². The number of nitrogens with zero attached hydrogens (tertiary/aromatic N) is 3. The predicted octanol–water partition coefficient (Wildman–Crippen LogP) is 4.29. The fourth-order valence-corrected chi connectivity index (χ4v) is 2.41. The van der Waals surface area contributed by atoms with E-state index in [1.165, 1.54) is 0 Å². The first-order valence-electron chi connectivity index (χ1n) is 6.68. The van der Waals surface area contributed by atoms with Crippen molar-refractivity contribution in [3.05, 3.63) is 39.8 Å². The zero-order chi connectivity index (χ0) is 15.6. The monoisotopic (exact) mass is 348 g/mol. The van der Waals surface area contributed by atoms with Crippen molar-refractivity contribution in [3.63, 3.8) is 0 Å². The first-order chi connectivity index (χ1) is 9.99. The summed E-state index contributed by atoms with van der Waals surface area (Å²) >= 11 is 3.42. The molecule has 2 rings (SSSR count). The van der Waals surface area contributed by atoms with Gasteiger partial charge in [0.25, 0.3) is 5.82 Å². The number of rotatable bonds is 4. The van der Waals surface area contributed by atoms with Gasteiger partial charge in [-0.3, -0.25) is 0 Å². The fourth-order valence-electron chi connectivity index (χ4n) is 2.07. The molecule has 2 aromatic rings. The lowest BCUT2D eigenvalue weighted by atomic mass is 10.1. The predicted molar refractivity (Wildman–Crippen MR) is 87.2 cm³/mol. The van der Waals surface area contributed by atoms with E-state index in [1.54, 1.807) is 4.68 Å². The molecule has 0 aliphatic heterocycles. The first kappa shape index (κ1) is 15.4. The van der Waals surface area contributed by atoms with Crippen molar-refractivity contribution in [2.45, 2.75) is 26.7 Å². The highest BCUT2D eigenvalue weighted by Crippen LogP contribution is 2.36. The summed E-state index contributed by atoms with van der Waals surface area (Å²) in [6, 6.07) is 5.61. The molecule has 0 saturated carbocycles. The summed E-state index contributed by atoms with van der Waals surface area (Å²) in [7, 11) is 0. The van der Waals surface area contributed by atoms with Crippen LogP contribution in [0.1, 0.15) is 32.4 Å². The van der Waals surface area contributed by atoms with Crippen LogP contribution in [0.25, 0.3) is 10.5 Å². The van der Waals surface area contributed by atoms with Gasteiger partial charge in [0.1, 0.15) is 0 Å². The lowest BCUT2D eigenvalue weighted by Gasteiger charge is -2.08. The van der Waals surface area contributed by atoms with Gasteiger partial charge in [-0.25, -0.2) is 0 Å². The van der Waals surface area contributed by atoms with E-state index < -0.39 is 0 Å². The number of ether oxygens (including phenoxy) is 1. The SMILES string of the molecule is [C-]#[N+]c1c(N)c(C(C)C)nn1-c1ccc(Br)cc1OCC. The smallest absolute Gasteiger partial charge is 0.280 e. The highest BCUT2D eigenvalue weighted by atomic mass is 79.9. The molecule has 6 heteroatoms. The van der Waals surface area contributed by atoms with Crippen molar-refractivity contribution in [1.82, 2.24) is 9.78 Å². The number of nitrogens with two attached hydrogens (primary N) is 1. The first-order valence-corrected chi connectivity index (χ1v) is 7.47. The van der Waals surface area contributed by atoms with Gasteiger partial charge in [-0.05, 0) is 25.1 Å². The van der Waals surface area contributed by atoms with Gasteiger partial charge in [0.2, 0.25) is 0 Å². The molecule has 0 fully saturated rings. The summed E-state index contributed by atoms with van der Waals surface area (Å²) in [6.45, 7) is 13.8. The molecule has 5 nitrogen and oxygen atoms in total. The molecular weight excluding hydrogens is 332 g/mol. The van der Waals surface area contributed by atoms with Crippen LogP contribution in [-0.4, -0.2) is 16.4 Å². The van der Waals surface area contributed by atoms with Gasteiger partial charge >= 0.3 is 0 Å². The van der Waals surface area contributed by atoms with Gasteiger partial charge in [0.05, 0.1) is 18.0 Å². The number of nitrogen functional groups attached to an aromatic ring is 1. The van der Waals surface area contributed by atoms with Crippen molar-refractivity contribution in [1.29, 1.82) is 0 Å². The van der Waals surface area contributed by atoms with E-state index in [-0.39, 0.29) is 5.92 Å². The van der Waals surface area contributed by atoms with Crippen molar-refractivity contribution in [3.8, 4) is 11.4 Å². The summed E-state index contributed by atoms with van der Waals surface area (Å²) in [5.41, 5.74) is 7.94. The van der Waals surface area contributed by atoms with Crippen LogP contribution in [0.3, 0.4) is 0 Å². The number of halogens is 1. The third-order valence-corrected chi connectivity index (χ3v) is 3.52. The summed E-state index contributed by atoms with van der Waals surface area (Å²) in [6.07, 6.45) is 0.